The lowest BCUT2D eigenvalue weighted by molar-refractivity contribution is 0.413. The number of hydrogen-bond acceptors (Lipinski definition) is 0. The highest BCUT2D eigenvalue weighted by Crippen LogP contribution is 2.64. The molecule has 0 radical (unpaired) electrons. The third kappa shape index (κ3) is 0.769. The second-order valence-electron chi connectivity index (χ2n) is 3.40. The summed E-state index contributed by atoms with van der Waals surface area (Å²) in [7, 11) is -10.2. The predicted octanol–water partition coefficient (Wildman–Crippen LogP) is 2.93. The van der Waals surface area contributed by atoms with E-state index >= 15 is 0 Å². The van der Waals surface area contributed by atoms with Crippen molar-refractivity contribution in [3.63, 3.8) is 0 Å². The highest BCUT2D eigenvalue weighted by Gasteiger charge is 2.84. The topological polar surface area (TPSA) is 0 Å². The first-order chi connectivity index (χ1) is 5.48. The predicted molar refractivity (Wildman–Crippen MR) is 41.8 cm³/mol. The standard InChI is InChI=1S/C6H8F4Si2/c7-11(8)5-3-1-2-4-6(5)12(11,9)10/h1-2,5-6H,3-4H2. The lowest BCUT2D eigenvalue weighted by Gasteiger charge is -2.47. The van der Waals surface area contributed by atoms with Crippen LogP contribution in [0.5, 0.6) is 0 Å². The fourth-order valence-corrected chi connectivity index (χ4v) is 10.0. The summed E-state index contributed by atoms with van der Waals surface area (Å²) in [6.07, 6.45) is 3.61. The molecule has 0 nitrogen and oxygen atoms in total. The van der Waals surface area contributed by atoms with E-state index in [4.69, 9.17) is 0 Å². The van der Waals surface area contributed by atoms with Crippen molar-refractivity contribution in [2.75, 3.05) is 0 Å². The van der Waals surface area contributed by atoms with Gasteiger partial charge in [-0.2, -0.15) is 0 Å². The van der Waals surface area contributed by atoms with Gasteiger partial charge in [-0.05, 0) is 12.8 Å². The van der Waals surface area contributed by atoms with Gasteiger partial charge in [0.1, 0.15) is 0 Å². The Bertz CT molecular complexity index is 214. The molecule has 1 aliphatic carbocycles. The number of halogens is 4. The van der Waals surface area contributed by atoms with E-state index in [-0.39, 0.29) is 12.8 Å². The minimum Gasteiger partial charge on any atom is -0.268 e. The van der Waals surface area contributed by atoms with E-state index < -0.39 is 27.6 Å². The van der Waals surface area contributed by atoms with Crippen LogP contribution in [0, 0.1) is 0 Å². The summed E-state index contributed by atoms with van der Waals surface area (Å²) in [5.41, 5.74) is -1.85. The van der Waals surface area contributed by atoms with Gasteiger partial charge in [0.2, 0.25) is 0 Å². The zero-order valence-electron chi connectivity index (χ0n) is 6.24. The van der Waals surface area contributed by atoms with Gasteiger partial charge in [-0.1, -0.05) is 12.2 Å². The van der Waals surface area contributed by atoms with Crippen molar-refractivity contribution in [2.45, 2.75) is 23.9 Å². The fourth-order valence-electron chi connectivity index (χ4n) is 2.01. The second kappa shape index (κ2) is 2.22. The molecule has 0 N–H and O–H groups in total. The van der Waals surface area contributed by atoms with Crippen molar-refractivity contribution in [3.05, 3.63) is 12.2 Å². The zero-order chi connectivity index (χ0) is 8.98. The summed E-state index contributed by atoms with van der Waals surface area (Å²) in [4.78, 5) is 0. The van der Waals surface area contributed by atoms with Crippen molar-refractivity contribution in [2.24, 2.45) is 0 Å². The molecular weight excluding hydrogens is 204 g/mol. The van der Waals surface area contributed by atoms with Crippen LogP contribution in [0.15, 0.2) is 12.2 Å². The van der Waals surface area contributed by atoms with Crippen LogP contribution >= 0.6 is 0 Å². The Kier molecular flexibility index (Phi) is 1.57. The fraction of sp³-hybridized carbons (Fsp3) is 0.667. The molecular formula is C6H8F4Si2. The summed E-state index contributed by atoms with van der Waals surface area (Å²) < 4.78 is 51.5. The maximum atomic E-state index is 12.9. The molecule has 12 heavy (non-hydrogen) atoms. The summed E-state index contributed by atoms with van der Waals surface area (Å²) in [5, 5.41) is 0. The van der Waals surface area contributed by atoms with Gasteiger partial charge in [0.25, 0.3) is 0 Å². The van der Waals surface area contributed by atoms with Crippen LogP contribution in [0.1, 0.15) is 12.8 Å². The molecule has 1 heterocycles. The van der Waals surface area contributed by atoms with E-state index in [1.807, 2.05) is 0 Å². The highest BCUT2D eigenvalue weighted by molar-refractivity contribution is 7.37. The second-order valence-corrected chi connectivity index (χ2v) is 11.4. The molecule has 6 heteroatoms. The molecule has 1 fully saturated rings. The molecule has 1 saturated heterocycles. The van der Waals surface area contributed by atoms with Crippen LogP contribution in [0.25, 0.3) is 0 Å². The molecule has 0 saturated carbocycles. The molecule has 0 aromatic carbocycles. The molecule has 2 rings (SSSR count). The average molecular weight is 212 g/mol. The summed E-state index contributed by atoms with van der Waals surface area (Å²) >= 11 is 0. The Hall–Kier alpha value is -0.106. The van der Waals surface area contributed by atoms with Crippen LogP contribution in [-0.4, -0.2) is 16.5 Å². The van der Waals surface area contributed by atoms with E-state index in [1.54, 1.807) is 12.2 Å². The average Bonchev–Trinajstić information content (AvgIpc) is 2.04. The van der Waals surface area contributed by atoms with Gasteiger partial charge in [0, 0.05) is 11.1 Å². The minimum absolute atomic E-state index is 0.187. The van der Waals surface area contributed by atoms with Crippen molar-refractivity contribution < 1.29 is 16.4 Å². The largest absolute Gasteiger partial charge is 0.480 e. The lowest BCUT2D eigenvalue weighted by atomic mass is 10.1. The van der Waals surface area contributed by atoms with E-state index in [2.05, 4.69) is 0 Å². The Morgan fingerprint density at radius 3 is 1.50 bits per heavy atom. The van der Waals surface area contributed by atoms with Gasteiger partial charge in [-0.3, -0.25) is 16.4 Å². The maximum Gasteiger partial charge on any atom is 0.480 e. The van der Waals surface area contributed by atoms with Gasteiger partial charge < -0.3 is 0 Å². The van der Waals surface area contributed by atoms with Gasteiger partial charge in [0.15, 0.2) is 0 Å². The molecule has 68 valence electrons. The van der Waals surface area contributed by atoms with Crippen LogP contribution in [0.2, 0.25) is 11.1 Å². The first kappa shape index (κ1) is 8.49. The smallest absolute Gasteiger partial charge is 0.268 e. The molecule has 2 unspecified atom stereocenters. The van der Waals surface area contributed by atoms with Crippen molar-refractivity contribution in [1.82, 2.24) is 0 Å². The first-order valence-corrected chi connectivity index (χ1v) is 8.55. The van der Waals surface area contributed by atoms with Gasteiger partial charge in [-0.15, -0.1) is 0 Å². The van der Waals surface area contributed by atoms with Gasteiger partial charge >= 0.3 is 16.5 Å². The first-order valence-electron chi connectivity index (χ1n) is 3.88. The van der Waals surface area contributed by atoms with Crippen molar-refractivity contribution in [1.29, 1.82) is 0 Å². The van der Waals surface area contributed by atoms with E-state index in [1.165, 1.54) is 0 Å². The third-order valence-corrected chi connectivity index (χ3v) is 12.1. The molecule has 1 aliphatic heterocycles. The Balaban J connectivity index is 2.27. The summed E-state index contributed by atoms with van der Waals surface area (Å²) in [5.74, 6) is 0. The van der Waals surface area contributed by atoms with E-state index in [9.17, 15) is 16.4 Å². The lowest BCUT2D eigenvalue weighted by Crippen LogP contribution is -2.69. The Morgan fingerprint density at radius 1 is 0.833 bits per heavy atom. The number of fused-ring (bicyclic) bond motifs is 1. The number of allylic oxidation sites excluding steroid dienone is 2. The molecule has 0 aromatic heterocycles. The highest BCUT2D eigenvalue weighted by atomic mass is 29.3. The Morgan fingerprint density at radius 2 is 1.17 bits per heavy atom. The van der Waals surface area contributed by atoms with E-state index in [0.29, 0.717) is 0 Å². The SMILES string of the molecule is F[Si]1(F)C2CC=CCC2[Si]1(F)F. The number of rotatable bonds is 0. The molecule has 2 aliphatic rings. The molecule has 2 atom stereocenters. The molecule has 0 bridgehead atoms. The van der Waals surface area contributed by atoms with Crippen LogP contribution in [-0.2, 0) is 0 Å². The Labute approximate surface area is 69.8 Å². The maximum absolute atomic E-state index is 12.9. The normalized spacial score (nSPS) is 41.7. The summed E-state index contributed by atoms with van der Waals surface area (Å²) in [6, 6.07) is 0. The quantitative estimate of drug-likeness (QED) is 0.251. The molecule has 0 spiro atoms. The third-order valence-electron chi connectivity index (χ3n) is 2.81. The monoisotopic (exact) mass is 212 g/mol. The minimum atomic E-state index is -5.09. The van der Waals surface area contributed by atoms with Crippen LogP contribution in [0.3, 0.4) is 0 Å². The van der Waals surface area contributed by atoms with Crippen molar-refractivity contribution in [3.8, 4) is 0 Å². The van der Waals surface area contributed by atoms with Gasteiger partial charge in [-0.25, -0.2) is 0 Å². The molecule has 0 amide bonds. The molecule has 0 aromatic rings. The van der Waals surface area contributed by atoms with Gasteiger partial charge in [0.05, 0.1) is 0 Å². The van der Waals surface area contributed by atoms with Crippen molar-refractivity contribution >= 4 is 16.5 Å². The summed E-state index contributed by atoms with van der Waals surface area (Å²) in [6.45, 7) is 0. The number of hydrogen-bond donors (Lipinski definition) is 0. The zero-order valence-corrected chi connectivity index (χ0v) is 8.24. The van der Waals surface area contributed by atoms with E-state index in [0.717, 1.165) is 0 Å². The van der Waals surface area contributed by atoms with Crippen LogP contribution < -0.4 is 0 Å². The van der Waals surface area contributed by atoms with Crippen LogP contribution in [0.4, 0.5) is 16.4 Å².